The van der Waals surface area contributed by atoms with Gasteiger partial charge < -0.3 is 4.90 Å². The Labute approximate surface area is 187 Å². The summed E-state index contributed by atoms with van der Waals surface area (Å²) in [7, 11) is 0. The summed E-state index contributed by atoms with van der Waals surface area (Å²) in [5.41, 5.74) is 0.205. The van der Waals surface area contributed by atoms with Crippen LogP contribution in [0.25, 0.3) is 16.9 Å². The van der Waals surface area contributed by atoms with Crippen molar-refractivity contribution in [1.82, 2.24) is 24.4 Å². The van der Waals surface area contributed by atoms with Crippen molar-refractivity contribution < 1.29 is 18.0 Å². The Kier molecular flexibility index (Phi) is 5.13. The Morgan fingerprint density at radius 3 is 2.62 bits per heavy atom. The number of benzene rings is 1. The molecular weight excluding hydrogens is 443 g/mol. The molecule has 2 saturated heterocycles. The van der Waals surface area contributed by atoms with Crippen LogP contribution in [-0.4, -0.2) is 62.5 Å². The van der Waals surface area contributed by atoms with Gasteiger partial charge in [-0.1, -0.05) is 41.4 Å². The minimum absolute atomic E-state index is 0.116. The summed E-state index contributed by atoms with van der Waals surface area (Å²) < 4.78 is 42.3. The van der Waals surface area contributed by atoms with E-state index in [2.05, 4.69) is 15.0 Å². The van der Waals surface area contributed by atoms with Gasteiger partial charge in [-0.05, 0) is 32.4 Å². The van der Waals surface area contributed by atoms with Crippen LogP contribution in [0.15, 0.2) is 30.3 Å². The smallest absolute Gasteiger partial charge is 0.334 e. The van der Waals surface area contributed by atoms with E-state index in [9.17, 15) is 18.0 Å². The fourth-order valence-corrected chi connectivity index (χ4v) is 4.77. The molecule has 1 atom stereocenters. The highest BCUT2D eigenvalue weighted by Gasteiger charge is 2.38. The normalized spacial score (nSPS) is 19.5. The van der Waals surface area contributed by atoms with Crippen LogP contribution in [0.4, 0.5) is 13.2 Å². The standard InChI is InChI=1S/C22H21ClF3N5O/c1-13-4-6-14(7-5-13)16-11-17(22(24,25)26)31-20(27-16)18(23)19(28-31)21(32)30-10-9-29-8-2-3-15(29)12-30/h4-7,11,15H,2-3,8-10,12H2,1H3/t15-/m1/s1. The third kappa shape index (κ3) is 3.63. The van der Waals surface area contributed by atoms with Crippen molar-refractivity contribution in [2.45, 2.75) is 32.0 Å². The van der Waals surface area contributed by atoms with E-state index >= 15 is 0 Å². The number of aryl methyl sites for hydroxylation is 1. The number of hydrogen-bond acceptors (Lipinski definition) is 4. The average Bonchev–Trinajstić information content (AvgIpc) is 3.36. The van der Waals surface area contributed by atoms with E-state index in [1.54, 1.807) is 29.2 Å². The molecule has 0 unspecified atom stereocenters. The van der Waals surface area contributed by atoms with Crippen LogP contribution >= 0.6 is 11.6 Å². The van der Waals surface area contributed by atoms with Gasteiger partial charge in [-0.15, -0.1) is 0 Å². The molecule has 0 aliphatic carbocycles. The van der Waals surface area contributed by atoms with Gasteiger partial charge in [-0.2, -0.15) is 18.3 Å². The van der Waals surface area contributed by atoms with E-state index < -0.39 is 17.8 Å². The van der Waals surface area contributed by atoms with E-state index in [0.717, 1.165) is 37.6 Å². The van der Waals surface area contributed by atoms with Crippen molar-refractivity contribution in [3.63, 3.8) is 0 Å². The predicted octanol–water partition coefficient (Wildman–Crippen LogP) is 4.30. The van der Waals surface area contributed by atoms with Gasteiger partial charge >= 0.3 is 6.18 Å². The van der Waals surface area contributed by atoms with E-state index in [0.29, 0.717) is 23.2 Å². The molecule has 10 heteroatoms. The average molecular weight is 464 g/mol. The van der Waals surface area contributed by atoms with Crippen LogP contribution < -0.4 is 0 Å². The molecule has 1 amide bonds. The number of alkyl halides is 3. The van der Waals surface area contributed by atoms with E-state index in [4.69, 9.17) is 11.6 Å². The first kappa shape index (κ1) is 21.2. The maximum atomic E-state index is 13.9. The second-order valence-electron chi connectivity index (χ2n) is 8.37. The van der Waals surface area contributed by atoms with Gasteiger partial charge in [-0.3, -0.25) is 9.69 Å². The van der Waals surface area contributed by atoms with Gasteiger partial charge in [0.05, 0.1) is 5.69 Å². The summed E-state index contributed by atoms with van der Waals surface area (Å²) in [5.74, 6) is -0.461. The minimum atomic E-state index is -4.70. The number of aromatic nitrogens is 3. The van der Waals surface area contributed by atoms with Crippen molar-refractivity contribution >= 4 is 23.2 Å². The molecule has 2 aliphatic heterocycles. The van der Waals surface area contributed by atoms with Gasteiger partial charge in [0.25, 0.3) is 5.91 Å². The lowest BCUT2D eigenvalue weighted by Gasteiger charge is -2.37. The van der Waals surface area contributed by atoms with Gasteiger partial charge in [0, 0.05) is 31.2 Å². The summed E-state index contributed by atoms with van der Waals surface area (Å²) in [4.78, 5) is 21.5. The van der Waals surface area contributed by atoms with Crippen molar-refractivity contribution in [1.29, 1.82) is 0 Å². The van der Waals surface area contributed by atoms with E-state index in [1.165, 1.54) is 0 Å². The minimum Gasteiger partial charge on any atom is -0.334 e. The van der Waals surface area contributed by atoms with Gasteiger partial charge in [-0.25, -0.2) is 9.50 Å². The van der Waals surface area contributed by atoms with Gasteiger partial charge in [0.15, 0.2) is 17.0 Å². The topological polar surface area (TPSA) is 53.7 Å². The Balaban J connectivity index is 1.58. The molecule has 6 nitrogen and oxygen atoms in total. The number of piperazine rings is 1. The van der Waals surface area contributed by atoms with Crippen LogP contribution in [0, 0.1) is 6.92 Å². The number of hydrogen-bond donors (Lipinski definition) is 0. The van der Waals surface area contributed by atoms with E-state index in [1.807, 2.05) is 6.92 Å². The molecule has 0 bridgehead atoms. The first-order chi connectivity index (χ1) is 15.2. The molecule has 3 aromatic rings. The fourth-order valence-electron chi connectivity index (χ4n) is 4.53. The molecule has 4 heterocycles. The maximum Gasteiger partial charge on any atom is 0.433 e. The van der Waals surface area contributed by atoms with Crippen molar-refractivity contribution in [2.24, 2.45) is 0 Å². The second-order valence-corrected chi connectivity index (χ2v) is 8.75. The number of nitrogens with zero attached hydrogens (tertiary/aromatic N) is 5. The van der Waals surface area contributed by atoms with Crippen LogP contribution in [0.1, 0.15) is 34.6 Å². The second kappa shape index (κ2) is 7.74. The lowest BCUT2D eigenvalue weighted by atomic mass is 10.1. The van der Waals surface area contributed by atoms with Crippen molar-refractivity contribution in [2.75, 3.05) is 26.2 Å². The van der Waals surface area contributed by atoms with Crippen molar-refractivity contribution in [3.8, 4) is 11.3 Å². The molecule has 2 aliphatic rings. The highest BCUT2D eigenvalue weighted by atomic mass is 35.5. The highest BCUT2D eigenvalue weighted by Crippen LogP contribution is 2.35. The summed E-state index contributed by atoms with van der Waals surface area (Å²) in [6.45, 7) is 4.66. The lowest BCUT2D eigenvalue weighted by Crippen LogP contribution is -2.52. The van der Waals surface area contributed by atoms with Crippen molar-refractivity contribution in [3.05, 3.63) is 52.3 Å². The molecule has 5 rings (SSSR count). The van der Waals surface area contributed by atoms with Crippen LogP contribution in [0.5, 0.6) is 0 Å². The summed E-state index contributed by atoms with van der Waals surface area (Å²) >= 11 is 6.42. The number of rotatable bonds is 2. The molecule has 0 N–H and O–H groups in total. The zero-order valence-electron chi connectivity index (χ0n) is 17.4. The Hall–Kier alpha value is -2.65. The van der Waals surface area contributed by atoms with Gasteiger partial charge in [0.2, 0.25) is 0 Å². The van der Waals surface area contributed by atoms with E-state index in [-0.39, 0.29) is 28.1 Å². The number of fused-ring (bicyclic) bond motifs is 2. The maximum absolute atomic E-state index is 13.9. The molecule has 32 heavy (non-hydrogen) atoms. The molecule has 0 spiro atoms. The monoisotopic (exact) mass is 463 g/mol. The Morgan fingerprint density at radius 1 is 1.16 bits per heavy atom. The number of halogens is 4. The highest BCUT2D eigenvalue weighted by molar-refractivity contribution is 6.36. The first-order valence-corrected chi connectivity index (χ1v) is 10.9. The molecule has 1 aromatic carbocycles. The third-order valence-corrected chi connectivity index (χ3v) is 6.60. The third-order valence-electron chi connectivity index (χ3n) is 6.25. The summed E-state index contributed by atoms with van der Waals surface area (Å²) in [6, 6.07) is 8.21. The first-order valence-electron chi connectivity index (χ1n) is 10.5. The summed E-state index contributed by atoms with van der Waals surface area (Å²) in [6.07, 6.45) is -2.61. The van der Waals surface area contributed by atoms with Gasteiger partial charge in [0.1, 0.15) is 5.02 Å². The van der Waals surface area contributed by atoms with Crippen LogP contribution in [-0.2, 0) is 6.18 Å². The molecule has 2 fully saturated rings. The zero-order valence-corrected chi connectivity index (χ0v) is 18.1. The number of amides is 1. The lowest BCUT2D eigenvalue weighted by molar-refractivity contribution is -0.142. The van der Waals surface area contributed by atoms with Crippen LogP contribution in [0.2, 0.25) is 5.02 Å². The molecule has 0 radical (unpaired) electrons. The Morgan fingerprint density at radius 2 is 1.91 bits per heavy atom. The van der Waals surface area contributed by atoms with Crippen LogP contribution in [0.3, 0.4) is 0 Å². The molecule has 0 saturated carbocycles. The summed E-state index contributed by atoms with van der Waals surface area (Å²) in [5, 5.41) is 3.82. The predicted molar refractivity (Wildman–Crippen MR) is 114 cm³/mol. The SMILES string of the molecule is Cc1ccc(-c2cc(C(F)(F)F)n3nc(C(=O)N4CCN5CCC[C@@H]5C4)c(Cl)c3n2)cc1. The number of carbonyl (C=O) groups excluding carboxylic acids is 1. The number of carbonyl (C=O) groups is 1. The quantitative estimate of drug-likeness (QED) is 0.568. The Bertz CT molecular complexity index is 1190. The fraction of sp³-hybridized carbons (Fsp3) is 0.409. The zero-order chi connectivity index (χ0) is 22.6. The largest absolute Gasteiger partial charge is 0.433 e. The molecule has 2 aromatic heterocycles. The molecule has 168 valence electrons. The molecular formula is C22H21ClF3N5O.